The Morgan fingerprint density at radius 1 is 1.50 bits per heavy atom. The Hall–Kier alpha value is -1.91. The van der Waals surface area contributed by atoms with E-state index in [4.69, 9.17) is 5.11 Å². The number of aromatic carboxylic acids is 1. The van der Waals surface area contributed by atoms with Gasteiger partial charge >= 0.3 is 5.97 Å². The molecule has 1 aliphatic rings. The molecule has 0 bridgehead atoms. The summed E-state index contributed by atoms with van der Waals surface area (Å²) in [6.45, 7) is 0. The molecule has 2 aromatic heterocycles. The molecule has 3 rings (SSSR count). The van der Waals surface area contributed by atoms with E-state index in [0.29, 0.717) is 5.92 Å². The largest absolute Gasteiger partial charge is 0.477 e. The molecule has 0 radical (unpaired) electrons. The van der Waals surface area contributed by atoms with Gasteiger partial charge in [0.05, 0.1) is 17.5 Å². The van der Waals surface area contributed by atoms with E-state index in [0.717, 1.165) is 29.6 Å². The van der Waals surface area contributed by atoms with E-state index < -0.39 is 5.97 Å². The highest BCUT2D eigenvalue weighted by Gasteiger charge is 2.25. The zero-order valence-corrected chi connectivity index (χ0v) is 8.60. The van der Waals surface area contributed by atoms with Crippen LogP contribution in [0.1, 0.15) is 41.4 Å². The molecule has 2 aromatic rings. The molecule has 0 aliphatic heterocycles. The summed E-state index contributed by atoms with van der Waals surface area (Å²) in [4.78, 5) is 22.3. The average Bonchev–Trinajstić information content (AvgIpc) is 2.62. The summed E-state index contributed by atoms with van der Waals surface area (Å²) >= 11 is 0. The van der Waals surface area contributed by atoms with Crippen LogP contribution in [0.15, 0.2) is 12.4 Å². The van der Waals surface area contributed by atoms with Gasteiger partial charge < -0.3 is 10.1 Å². The number of hydrogen-bond acceptors (Lipinski definition) is 3. The minimum atomic E-state index is -0.989. The van der Waals surface area contributed by atoms with Crippen molar-refractivity contribution in [1.82, 2.24) is 15.0 Å². The minimum Gasteiger partial charge on any atom is -0.477 e. The molecule has 0 aromatic carbocycles. The molecule has 0 amide bonds. The summed E-state index contributed by atoms with van der Waals surface area (Å²) in [5.41, 5.74) is 2.50. The normalized spacial score (nSPS) is 16.2. The van der Waals surface area contributed by atoms with Crippen molar-refractivity contribution in [2.45, 2.75) is 25.2 Å². The van der Waals surface area contributed by atoms with Crippen LogP contribution < -0.4 is 0 Å². The molecule has 5 nitrogen and oxygen atoms in total. The number of carbonyl (C=O) groups is 1. The van der Waals surface area contributed by atoms with Gasteiger partial charge in [0.1, 0.15) is 5.52 Å². The summed E-state index contributed by atoms with van der Waals surface area (Å²) in [6.07, 6.45) is 4.94. The van der Waals surface area contributed by atoms with E-state index in [-0.39, 0.29) is 5.69 Å². The highest BCUT2D eigenvalue weighted by atomic mass is 16.4. The van der Waals surface area contributed by atoms with Gasteiger partial charge in [-0.15, -0.1) is 0 Å². The predicted molar refractivity (Wildman–Crippen MR) is 57.4 cm³/mol. The van der Waals surface area contributed by atoms with Gasteiger partial charge in [0, 0.05) is 5.92 Å². The van der Waals surface area contributed by atoms with Crippen molar-refractivity contribution in [3.63, 3.8) is 0 Å². The van der Waals surface area contributed by atoms with Crippen molar-refractivity contribution in [2.24, 2.45) is 0 Å². The second-order valence-corrected chi connectivity index (χ2v) is 4.12. The van der Waals surface area contributed by atoms with E-state index in [1.165, 1.54) is 12.5 Å². The highest BCUT2D eigenvalue weighted by Crippen LogP contribution is 2.37. The Morgan fingerprint density at radius 2 is 2.31 bits per heavy atom. The zero-order chi connectivity index (χ0) is 11.1. The Balaban J connectivity index is 2.21. The topological polar surface area (TPSA) is 78.9 Å². The number of fused-ring (bicyclic) bond motifs is 1. The fourth-order valence-electron chi connectivity index (χ4n) is 2.05. The Kier molecular flexibility index (Phi) is 1.92. The number of nitrogens with one attached hydrogen (secondary N) is 1. The molecule has 1 saturated carbocycles. The highest BCUT2D eigenvalue weighted by molar-refractivity contribution is 5.90. The molecule has 0 atom stereocenters. The molecule has 5 heteroatoms. The lowest BCUT2D eigenvalue weighted by Crippen LogP contribution is -2.13. The van der Waals surface area contributed by atoms with Crippen molar-refractivity contribution in [2.75, 3.05) is 0 Å². The molecule has 0 unspecified atom stereocenters. The first-order valence-corrected chi connectivity index (χ1v) is 5.33. The van der Waals surface area contributed by atoms with Crippen molar-refractivity contribution in [3.05, 3.63) is 23.8 Å². The molecule has 16 heavy (non-hydrogen) atoms. The van der Waals surface area contributed by atoms with Crippen LogP contribution in [-0.4, -0.2) is 26.0 Å². The molecule has 1 fully saturated rings. The standard InChI is InChI=1S/C11H11N3O2/c15-11(16)8-4-7-10(13-5-12-7)9(14-8)6-2-1-3-6/h4-6H,1-3H2,(H,12,13)(H,15,16). The van der Waals surface area contributed by atoms with Crippen LogP contribution in [0, 0.1) is 0 Å². The number of carboxylic acid groups (broad SMARTS) is 1. The van der Waals surface area contributed by atoms with Gasteiger partial charge in [-0.25, -0.2) is 14.8 Å². The number of imidazole rings is 1. The number of hydrogen-bond donors (Lipinski definition) is 2. The first-order chi connectivity index (χ1) is 7.75. The van der Waals surface area contributed by atoms with Crippen LogP contribution in [0.4, 0.5) is 0 Å². The quantitative estimate of drug-likeness (QED) is 0.805. The fraction of sp³-hybridized carbons (Fsp3) is 0.364. The molecule has 82 valence electrons. The van der Waals surface area contributed by atoms with Gasteiger partial charge in [0.25, 0.3) is 0 Å². The molecular formula is C11H11N3O2. The van der Waals surface area contributed by atoms with Crippen molar-refractivity contribution >= 4 is 17.0 Å². The van der Waals surface area contributed by atoms with Gasteiger partial charge in [-0.1, -0.05) is 6.42 Å². The van der Waals surface area contributed by atoms with Gasteiger partial charge in [-0.05, 0) is 18.9 Å². The second kappa shape index (κ2) is 3.30. The van der Waals surface area contributed by atoms with Gasteiger partial charge in [-0.2, -0.15) is 0 Å². The van der Waals surface area contributed by atoms with Crippen molar-refractivity contribution in [3.8, 4) is 0 Å². The van der Waals surface area contributed by atoms with Crippen molar-refractivity contribution < 1.29 is 9.90 Å². The van der Waals surface area contributed by atoms with Gasteiger partial charge in [-0.3, -0.25) is 0 Å². The molecule has 2 N–H and O–H groups in total. The number of pyridine rings is 1. The van der Waals surface area contributed by atoms with Gasteiger partial charge in [0.15, 0.2) is 5.69 Å². The molecule has 0 spiro atoms. The Bertz CT molecular complexity index is 557. The van der Waals surface area contributed by atoms with E-state index in [1.54, 1.807) is 6.33 Å². The Labute approximate surface area is 91.5 Å². The lowest BCUT2D eigenvalue weighted by Gasteiger charge is -2.25. The monoisotopic (exact) mass is 217 g/mol. The Morgan fingerprint density at radius 3 is 2.94 bits per heavy atom. The summed E-state index contributed by atoms with van der Waals surface area (Å²) in [5.74, 6) is -0.609. The van der Waals surface area contributed by atoms with Crippen LogP contribution in [-0.2, 0) is 0 Å². The van der Waals surface area contributed by atoms with Crippen LogP contribution >= 0.6 is 0 Å². The smallest absolute Gasteiger partial charge is 0.354 e. The maximum atomic E-state index is 11.0. The number of nitrogens with zero attached hydrogens (tertiary/aromatic N) is 2. The summed E-state index contributed by atoms with van der Waals surface area (Å²) in [7, 11) is 0. The number of aromatic nitrogens is 3. The number of aromatic amines is 1. The predicted octanol–water partition coefficient (Wildman–Crippen LogP) is 1.92. The lowest BCUT2D eigenvalue weighted by molar-refractivity contribution is 0.0690. The third kappa shape index (κ3) is 1.28. The van der Waals surface area contributed by atoms with E-state index in [9.17, 15) is 4.79 Å². The minimum absolute atomic E-state index is 0.0960. The number of H-pyrrole nitrogens is 1. The maximum absolute atomic E-state index is 11.0. The van der Waals surface area contributed by atoms with Crippen LogP contribution in [0.5, 0.6) is 0 Å². The number of carboxylic acids is 1. The van der Waals surface area contributed by atoms with Crippen LogP contribution in [0.25, 0.3) is 11.0 Å². The number of rotatable bonds is 2. The summed E-state index contributed by atoms with van der Waals surface area (Å²) in [5, 5.41) is 8.98. The van der Waals surface area contributed by atoms with E-state index in [2.05, 4.69) is 15.0 Å². The summed E-state index contributed by atoms with van der Waals surface area (Å²) in [6, 6.07) is 1.53. The SMILES string of the molecule is O=C(O)c1cc2[nH]cnc2c(C2CCC2)n1. The third-order valence-corrected chi connectivity index (χ3v) is 3.14. The first-order valence-electron chi connectivity index (χ1n) is 5.33. The average molecular weight is 217 g/mol. The maximum Gasteiger partial charge on any atom is 0.354 e. The summed E-state index contributed by atoms with van der Waals surface area (Å²) < 4.78 is 0. The van der Waals surface area contributed by atoms with Crippen LogP contribution in [0.2, 0.25) is 0 Å². The molecule has 0 saturated heterocycles. The second-order valence-electron chi connectivity index (χ2n) is 4.12. The fourth-order valence-corrected chi connectivity index (χ4v) is 2.05. The third-order valence-electron chi connectivity index (χ3n) is 3.14. The van der Waals surface area contributed by atoms with E-state index in [1.807, 2.05) is 0 Å². The molecule has 2 heterocycles. The van der Waals surface area contributed by atoms with Crippen molar-refractivity contribution in [1.29, 1.82) is 0 Å². The zero-order valence-electron chi connectivity index (χ0n) is 8.60. The van der Waals surface area contributed by atoms with Crippen LogP contribution in [0.3, 0.4) is 0 Å². The first kappa shape index (κ1) is 9.33. The lowest BCUT2D eigenvalue weighted by atomic mass is 9.82. The van der Waals surface area contributed by atoms with Gasteiger partial charge in [0.2, 0.25) is 0 Å². The molecular weight excluding hydrogens is 206 g/mol. The van der Waals surface area contributed by atoms with E-state index >= 15 is 0 Å². The molecule has 1 aliphatic carbocycles.